The Morgan fingerprint density at radius 1 is 1.11 bits per heavy atom. The van der Waals surface area contributed by atoms with E-state index >= 15 is 0 Å². The van der Waals surface area contributed by atoms with Crippen molar-refractivity contribution in [3.05, 3.63) is 0 Å². The van der Waals surface area contributed by atoms with Crippen LogP contribution in [0.2, 0.25) is 0 Å². The van der Waals surface area contributed by atoms with E-state index in [1.54, 1.807) is 11.8 Å². The highest BCUT2D eigenvalue weighted by Gasteiger charge is 2.05. The average Bonchev–Trinajstić information content (AvgIpc) is 2.82. The van der Waals surface area contributed by atoms with E-state index in [-0.39, 0.29) is 0 Å². The summed E-state index contributed by atoms with van der Waals surface area (Å²) in [6.07, 6.45) is 6.33. The lowest BCUT2D eigenvalue weighted by Gasteiger charge is -2.05. The molecule has 0 fully saturated rings. The van der Waals surface area contributed by atoms with Gasteiger partial charge in [0.15, 0.2) is 0 Å². The summed E-state index contributed by atoms with van der Waals surface area (Å²) in [4.78, 5) is 0. The van der Waals surface area contributed by atoms with E-state index in [9.17, 15) is 0 Å². The number of rotatable bonds is 11. The second-order valence-corrected chi connectivity index (χ2v) is 5.41. The molecular weight excluding hydrogens is 246 g/mol. The first kappa shape index (κ1) is 15.4. The first-order valence-electron chi connectivity index (χ1n) is 6.98. The van der Waals surface area contributed by atoms with Crippen molar-refractivity contribution in [2.75, 3.05) is 18.8 Å². The van der Waals surface area contributed by atoms with Crippen molar-refractivity contribution in [2.24, 2.45) is 0 Å². The summed E-state index contributed by atoms with van der Waals surface area (Å²) in [5, 5.41) is 16.2. The molecule has 5 nitrogen and oxygen atoms in total. The molecule has 0 bridgehead atoms. The molecule has 0 saturated carbocycles. The fourth-order valence-electron chi connectivity index (χ4n) is 1.62. The van der Waals surface area contributed by atoms with E-state index in [0.29, 0.717) is 0 Å². The van der Waals surface area contributed by atoms with Gasteiger partial charge in [0, 0.05) is 12.3 Å². The lowest BCUT2D eigenvalue weighted by atomic mass is 10.2. The summed E-state index contributed by atoms with van der Waals surface area (Å²) in [5.41, 5.74) is 0. The van der Waals surface area contributed by atoms with E-state index in [2.05, 4.69) is 34.7 Å². The van der Waals surface area contributed by atoms with Gasteiger partial charge in [-0.05, 0) is 29.8 Å². The zero-order valence-corrected chi connectivity index (χ0v) is 12.4. The normalized spacial score (nSPS) is 11.0. The van der Waals surface area contributed by atoms with Crippen molar-refractivity contribution in [1.82, 2.24) is 25.5 Å². The molecule has 0 aliphatic heterocycles. The van der Waals surface area contributed by atoms with E-state index in [1.807, 2.05) is 4.68 Å². The molecular formula is C12H25N5S. The maximum Gasteiger partial charge on any atom is 0.209 e. The summed E-state index contributed by atoms with van der Waals surface area (Å²) in [7, 11) is 0. The van der Waals surface area contributed by atoms with Crippen LogP contribution in [0.5, 0.6) is 0 Å². The second-order valence-electron chi connectivity index (χ2n) is 4.34. The van der Waals surface area contributed by atoms with E-state index < -0.39 is 0 Å². The first-order chi connectivity index (χ1) is 8.88. The number of thioether (sulfide) groups is 1. The molecule has 1 heterocycles. The molecule has 0 spiro atoms. The quantitative estimate of drug-likeness (QED) is 0.494. The Balaban J connectivity index is 2.18. The number of nitrogens with one attached hydrogen (secondary N) is 1. The first-order valence-corrected chi connectivity index (χ1v) is 7.96. The molecule has 1 N–H and O–H groups in total. The number of unbranched alkanes of at least 4 members (excludes halogenated alkanes) is 3. The summed E-state index contributed by atoms with van der Waals surface area (Å²) in [5.74, 6) is 1.11. The molecule has 0 aliphatic carbocycles. The second kappa shape index (κ2) is 10.3. The van der Waals surface area contributed by atoms with Gasteiger partial charge >= 0.3 is 0 Å². The number of tetrazole rings is 1. The molecule has 0 amide bonds. The topological polar surface area (TPSA) is 55.6 Å². The minimum Gasteiger partial charge on any atom is -0.315 e. The Labute approximate surface area is 114 Å². The number of nitrogens with zero attached hydrogens (tertiary/aromatic N) is 4. The van der Waals surface area contributed by atoms with Gasteiger partial charge in [0.2, 0.25) is 5.16 Å². The third-order valence-electron chi connectivity index (χ3n) is 2.66. The van der Waals surface area contributed by atoms with Crippen LogP contribution in [-0.2, 0) is 6.54 Å². The van der Waals surface area contributed by atoms with Crippen molar-refractivity contribution >= 4 is 11.8 Å². The van der Waals surface area contributed by atoms with Gasteiger partial charge in [0.1, 0.15) is 0 Å². The van der Waals surface area contributed by atoms with Gasteiger partial charge in [-0.3, -0.25) is 0 Å². The number of hydrogen-bond acceptors (Lipinski definition) is 5. The molecule has 0 unspecified atom stereocenters. The lowest BCUT2D eigenvalue weighted by molar-refractivity contribution is 0.510. The van der Waals surface area contributed by atoms with Crippen LogP contribution in [-0.4, -0.2) is 39.0 Å². The van der Waals surface area contributed by atoms with Gasteiger partial charge in [0.05, 0.1) is 6.54 Å². The average molecular weight is 271 g/mol. The summed E-state index contributed by atoms with van der Waals surface area (Å²) < 4.78 is 1.90. The van der Waals surface area contributed by atoms with Crippen LogP contribution in [0, 0.1) is 0 Å². The number of hydrogen-bond donors (Lipinski definition) is 1. The molecule has 1 rings (SSSR count). The van der Waals surface area contributed by atoms with Crippen LogP contribution in [0.25, 0.3) is 0 Å². The van der Waals surface area contributed by atoms with Gasteiger partial charge in [-0.25, -0.2) is 4.68 Å². The van der Waals surface area contributed by atoms with Crippen LogP contribution in [0.15, 0.2) is 5.16 Å². The minimum atomic E-state index is 0.851. The van der Waals surface area contributed by atoms with Gasteiger partial charge < -0.3 is 5.32 Å². The Morgan fingerprint density at radius 3 is 2.78 bits per heavy atom. The monoisotopic (exact) mass is 271 g/mol. The Morgan fingerprint density at radius 2 is 2.00 bits per heavy atom. The van der Waals surface area contributed by atoms with Gasteiger partial charge in [-0.1, -0.05) is 44.9 Å². The lowest BCUT2D eigenvalue weighted by Crippen LogP contribution is -2.21. The molecule has 0 atom stereocenters. The van der Waals surface area contributed by atoms with Crippen LogP contribution in [0.3, 0.4) is 0 Å². The predicted octanol–water partition coefficient (Wildman–Crippen LogP) is 2.35. The Bertz CT molecular complexity index is 302. The van der Waals surface area contributed by atoms with Crippen LogP contribution >= 0.6 is 11.8 Å². The highest BCUT2D eigenvalue weighted by molar-refractivity contribution is 7.99. The van der Waals surface area contributed by atoms with Crippen molar-refractivity contribution in [3.8, 4) is 0 Å². The van der Waals surface area contributed by atoms with Crippen LogP contribution in [0.4, 0.5) is 0 Å². The Hall–Kier alpha value is -0.620. The molecule has 1 aromatic heterocycles. The molecule has 6 heteroatoms. The number of aromatic nitrogens is 4. The van der Waals surface area contributed by atoms with E-state index in [4.69, 9.17) is 0 Å². The van der Waals surface area contributed by atoms with Crippen molar-refractivity contribution in [1.29, 1.82) is 0 Å². The predicted molar refractivity (Wildman–Crippen MR) is 75.8 cm³/mol. The molecule has 18 heavy (non-hydrogen) atoms. The van der Waals surface area contributed by atoms with E-state index in [0.717, 1.165) is 37.0 Å². The Kier molecular flexibility index (Phi) is 8.85. The SMILES string of the molecule is CCCCCCSc1nnnn1CCNCCC. The van der Waals surface area contributed by atoms with Gasteiger partial charge in [-0.15, -0.1) is 5.10 Å². The summed E-state index contributed by atoms with van der Waals surface area (Å²) in [6, 6.07) is 0. The zero-order chi connectivity index (χ0) is 13.1. The van der Waals surface area contributed by atoms with Gasteiger partial charge in [-0.2, -0.15) is 0 Å². The maximum absolute atomic E-state index is 4.07. The van der Waals surface area contributed by atoms with Crippen LogP contribution in [0.1, 0.15) is 46.0 Å². The smallest absolute Gasteiger partial charge is 0.209 e. The third-order valence-corrected chi connectivity index (χ3v) is 3.70. The fourth-order valence-corrected chi connectivity index (χ4v) is 2.52. The van der Waals surface area contributed by atoms with Gasteiger partial charge in [0.25, 0.3) is 0 Å². The molecule has 1 aromatic rings. The van der Waals surface area contributed by atoms with Crippen molar-refractivity contribution < 1.29 is 0 Å². The summed E-state index contributed by atoms with van der Waals surface area (Å²) >= 11 is 1.77. The molecule has 0 saturated heterocycles. The standard InChI is InChI=1S/C12H25N5S/c1-3-5-6-7-11-18-12-14-15-16-17(12)10-9-13-8-4-2/h13H,3-11H2,1-2H3. The zero-order valence-electron chi connectivity index (χ0n) is 11.6. The fraction of sp³-hybridized carbons (Fsp3) is 0.917. The molecule has 0 aliphatic rings. The third kappa shape index (κ3) is 6.35. The molecule has 0 aromatic carbocycles. The van der Waals surface area contributed by atoms with Crippen LogP contribution < -0.4 is 5.32 Å². The highest BCUT2D eigenvalue weighted by Crippen LogP contribution is 2.16. The van der Waals surface area contributed by atoms with E-state index in [1.165, 1.54) is 25.7 Å². The highest BCUT2D eigenvalue weighted by atomic mass is 32.2. The minimum absolute atomic E-state index is 0.851. The van der Waals surface area contributed by atoms with Crippen molar-refractivity contribution in [3.63, 3.8) is 0 Å². The molecule has 0 radical (unpaired) electrons. The molecule has 104 valence electrons. The summed E-state index contributed by atoms with van der Waals surface area (Å²) in [6.45, 7) is 7.24. The maximum atomic E-state index is 4.07. The largest absolute Gasteiger partial charge is 0.315 e. The van der Waals surface area contributed by atoms with Crippen molar-refractivity contribution in [2.45, 2.75) is 57.7 Å².